The highest BCUT2D eigenvalue weighted by Crippen LogP contribution is 2.12. The summed E-state index contributed by atoms with van der Waals surface area (Å²) in [7, 11) is 1.66. The molecule has 0 radical (unpaired) electrons. The van der Waals surface area contributed by atoms with E-state index in [2.05, 4.69) is 29.0 Å². The number of hydrogen-bond acceptors (Lipinski definition) is 4. The average molecular weight is 251 g/mol. The van der Waals surface area contributed by atoms with E-state index >= 15 is 0 Å². The van der Waals surface area contributed by atoms with Crippen LogP contribution in [0.1, 0.15) is 25.8 Å². The minimum atomic E-state index is 0.716. The van der Waals surface area contributed by atoms with Crippen LogP contribution in [0.3, 0.4) is 0 Å². The fourth-order valence-corrected chi connectivity index (χ4v) is 1.93. The zero-order valence-electron chi connectivity index (χ0n) is 11.8. The summed E-state index contributed by atoms with van der Waals surface area (Å²) in [6.45, 7) is 9.67. The zero-order chi connectivity index (χ0) is 13.2. The molecule has 0 unspecified atom stereocenters. The summed E-state index contributed by atoms with van der Waals surface area (Å²) in [4.78, 5) is 6.62. The number of methoxy groups -OCH3 is 1. The smallest absolute Gasteiger partial charge is 0.217 e. The van der Waals surface area contributed by atoms with Gasteiger partial charge < -0.3 is 15.0 Å². The second-order valence-electron chi connectivity index (χ2n) is 4.23. The van der Waals surface area contributed by atoms with Crippen LogP contribution in [-0.4, -0.2) is 43.2 Å². The van der Waals surface area contributed by atoms with Gasteiger partial charge in [-0.3, -0.25) is 0 Å². The van der Waals surface area contributed by atoms with Gasteiger partial charge in [0.2, 0.25) is 5.88 Å². The van der Waals surface area contributed by atoms with Crippen LogP contribution in [0.2, 0.25) is 0 Å². The molecule has 0 saturated carbocycles. The second-order valence-corrected chi connectivity index (χ2v) is 4.23. The molecule has 18 heavy (non-hydrogen) atoms. The van der Waals surface area contributed by atoms with E-state index in [-0.39, 0.29) is 0 Å². The minimum absolute atomic E-state index is 0.716. The van der Waals surface area contributed by atoms with Crippen molar-refractivity contribution in [1.82, 2.24) is 15.2 Å². The fourth-order valence-electron chi connectivity index (χ4n) is 1.93. The highest BCUT2D eigenvalue weighted by Gasteiger charge is 2.02. The SMILES string of the molecule is CCN(CC)CCCNCc1cccnc1OC. The Morgan fingerprint density at radius 2 is 2.11 bits per heavy atom. The summed E-state index contributed by atoms with van der Waals surface area (Å²) in [5.41, 5.74) is 1.11. The normalized spacial score (nSPS) is 10.9. The van der Waals surface area contributed by atoms with Crippen LogP contribution in [0, 0.1) is 0 Å². The Bertz CT molecular complexity index is 327. The van der Waals surface area contributed by atoms with E-state index in [0.717, 1.165) is 38.3 Å². The molecule has 1 aromatic rings. The summed E-state index contributed by atoms with van der Waals surface area (Å²) in [6, 6.07) is 3.98. The predicted molar refractivity (Wildman–Crippen MR) is 74.9 cm³/mol. The van der Waals surface area contributed by atoms with Gasteiger partial charge >= 0.3 is 0 Å². The van der Waals surface area contributed by atoms with E-state index in [1.54, 1.807) is 13.3 Å². The van der Waals surface area contributed by atoms with Crippen molar-refractivity contribution in [3.63, 3.8) is 0 Å². The maximum Gasteiger partial charge on any atom is 0.217 e. The number of hydrogen-bond donors (Lipinski definition) is 1. The van der Waals surface area contributed by atoms with Crippen molar-refractivity contribution in [3.8, 4) is 5.88 Å². The van der Waals surface area contributed by atoms with Crippen LogP contribution in [0.5, 0.6) is 5.88 Å². The van der Waals surface area contributed by atoms with Crippen molar-refractivity contribution in [2.75, 3.05) is 33.3 Å². The van der Waals surface area contributed by atoms with Gasteiger partial charge in [-0.1, -0.05) is 19.9 Å². The lowest BCUT2D eigenvalue weighted by Gasteiger charge is -2.17. The van der Waals surface area contributed by atoms with Crippen LogP contribution >= 0.6 is 0 Å². The molecule has 0 atom stereocenters. The summed E-state index contributed by atoms with van der Waals surface area (Å²) in [5, 5.41) is 3.43. The Morgan fingerprint density at radius 3 is 2.78 bits per heavy atom. The third-order valence-corrected chi connectivity index (χ3v) is 3.08. The van der Waals surface area contributed by atoms with Gasteiger partial charge in [0, 0.05) is 18.3 Å². The van der Waals surface area contributed by atoms with E-state index in [1.807, 2.05) is 12.1 Å². The average Bonchev–Trinajstić information content (AvgIpc) is 2.43. The first-order chi connectivity index (χ1) is 8.81. The fraction of sp³-hybridized carbons (Fsp3) is 0.643. The number of rotatable bonds is 9. The number of ether oxygens (including phenoxy) is 1. The van der Waals surface area contributed by atoms with Crippen molar-refractivity contribution in [1.29, 1.82) is 0 Å². The molecule has 0 aliphatic rings. The summed E-state index contributed by atoms with van der Waals surface area (Å²) >= 11 is 0. The lowest BCUT2D eigenvalue weighted by molar-refractivity contribution is 0.297. The topological polar surface area (TPSA) is 37.4 Å². The molecule has 0 fully saturated rings. The molecule has 4 nitrogen and oxygen atoms in total. The molecule has 1 heterocycles. The van der Waals surface area contributed by atoms with E-state index in [0.29, 0.717) is 5.88 Å². The molecule has 4 heteroatoms. The number of aromatic nitrogens is 1. The van der Waals surface area contributed by atoms with Gasteiger partial charge in [-0.15, -0.1) is 0 Å². The molecule has 0 bridgehead atoms. The third-order valence-electron chi connectivity index (χ3n) is 3.08. The standard InChI is InChI=1S/C14H25N3O/c1-4-17(5-2)11-7-9-15-12-13-8-6-10-16-14(13)18-3/h6,8,10,15H,4-5,7,9,11-12H2,1-3H3. The molecule has 1 N–H and O–H groups in total. The van der Waals surface area contributed by atoms with E-state index < -0.39 is 0 Å². The van der Waals surface area contributed by atoms with Gasteiger partial charge in [0.1, 0.15) is 0 Å². The number of nitrogens with one attached hydrogen (secondary N) is 1. The van der Waals surface area contributed by atoms with Crippen LogP contribution in [-0.2, 0) is 6.54 Å². The predicted octanol–water partition coefficient (Wildman–Crippen LogP) is 1.91. The molecule has 0 amide bonds. The van der Waals surface area contributed by atoms with E-state index in [9.17, 15) is 0 Å². The Balaban J connectivity index is 2.21. The van der Waals surface area contributed by atoms with Crippen molar-refractivity contribution < 1.29 is 4.74 Å². The van der Waals surface area contributed by atoms with E-state index in [1.165, 1.54) is 6.42 Å². The van der Waals surface area contributed by atoms with Crippen molar-refractivity contribution in [2.24, 2.45) is 0 Å². The monoisotopic (exact) mass is 251 g/mol. The van der Waals surface area contributed by atoms with Gasteiger partial charge in [0.25, 0.3) is 0 Å². The first-order valence-corrected chi connectivity index (χ1v) is 6.72. The number of pyridine rings is 1. The minimum Gasteiger partial charge on any atom is -0.481 e. The van der Waals surface area contributed by atoms with Crippen molar-refractivity contribution in [2.45, 2.75) is 26.8 Å². The maximum atomic E-state index is 5.22. The summed E-state index contributed by atoms with van der Waals surface area (Å²) in [5.74, 6) is 0.716. The molecular formula is C14H25N3O. The first kappa shape index (κ1) is 14.9. The molecule has 102 valence electrons. The quantitative estimate of drug-likeness (QED) is 0.680. The summed E-state index contributed by atoms with van der Waals surface area (Å²) < 4.78 is 5.22. The van der Waals surface area contributed by atoms with Crippen molar-refractivity contribution >= 4 is 0 Å². The molecule has 0 saturated heterocycles. The van der Waals surface area contributed by atoms with Crippen LogP contribution < -0.4 is 10.1 Å². The van der Waals surface area contributed by atoms with E-state index in [4.69, 9.17) is 4.74 Å². The third kappa shape index (κ3) is 5.02. The lowest BCUT2D eigenvalue weighted by atomic mass is 10.2. The lowest BCUT2D eigenvalue weighted by Crippen LogP contribution is -2.27. The molecule has 0 aromatic carbocycles. The molecule has 0 aliphatic heterocycles. The van der Waals surface area contributed by atoms with Gasteiger partial charge in [-0.05, 0) is 38.7 Å². The zero-order valence-corrected chi connectivity index (χ0v) is 11.8. The molecule has 0 spiro atoms. The van der Waals surface area contributed by atoms with Gasteiger partial charge in [0.15, 0.2) is 0 Å². The number of nitrogens with zero attached hydrogens (tertiary/aromatic N) is 2. The maximum absolute atomic E-state index is 5.22. The Labute approximate surface area is 110 Å². The highest BCUT2D eigenvalue weighted by atomic mass is 16.5. The molecule has 1 aromatic heterocycles. The van der Waals surface area contributed by atoms with Crippen LogP contribution in [0.25, 0.3) is 0 Å². The molecular weight excluding hydrogens is 226 g/mol. The van der Waals surface area contributed by atoms with Gasteiger partial charge in [-0.2, -0.15) is 0 Å². The van der Waals surface area contributed by atoms with Crippen molar-refractivity contribution in [3.05, 3.63) is 23.9 Å². The Hall–Kier alpha value is -1.13. The largest absolute Gasteiger partial charge is 0.481 e. The summed E-state index contributed by atoms with van der Waals surface area (Å²) in [6.07, 6.45) is 2.92. The van der Waals surface area contributed by atoms with Gasteiger partial charge in [-0.25, -0.2) is 4.98 Å². The molecule has 0 aliphatic carbocycles. The van der Waals surface area contributed by atoms with Gasteiger partial charge in [0.05, 0.1) is 7.11 Å². The van der Waals surface area contributed by atoms with Crippen LogP contribution in [0.4, 0.5) is 0 Å². The Kier molecular flexibility index (Phi) is 7.37. The highest BCUT2D eigenvalue weighted by molar-refractivity contribution is 5.24. The Morgan fingerprint density at radius 1 is 1.33 bits per heavy atom. The molecule has 1 rings (SSSR count). The van der Waals surface area contributed by atoms with Crippen LogP contribution in [0.15, 0.2) is 18.3 Å². The first-order valence-electron chi connectivity index (χ1n) is 6.72. The second kappa shape index (κ2) is 8.89.